The predicted molar refractivity (Wildman–Crippen MR) is 101 cm³/mol. The van der Waals surface area contributed by atoms with Crippen LogP contribution < -0.4 is 20.3 Å². The van der Waals surface area contributed by atoms with Gasteiger partial charge in [-0.05, 0) is 48.9 Å². The molecule has 1 aliphatic heterocycles. The number of fused-ring (bicyclic) bond motifs is 1. The number of halogens is 1. The number of hydrazine groups is 1. The molecule has 0 saturated heterocycles. The molecule has 0 aliphatic carbocycles. The molecular formula is C20H17FN4O5. The Morgan fingerprint density at radius 2 is 1.83 bits per heavy atom. The Labute approximate surface area is 170 Å². The molecule has 4 rings (SSSR count). The molecule has 0 unspecified atom stereocenters. The highest BCUT2D eigenvalue weighted by molar-refractivity contribution is 5.96. The number of carbonyl (C=O) groups excluding carboxylic acids is 2. The van der Waals surface area contributed by atoms with Crippen LogP contribution in [0.1, 0.15) is 29.1 Å². The zero-order valence-electron chi connectivity index (χ0n) is 15.7. The van der Waals surface area contributed by atoms with Crippen molar-refractivity contribution in [3.05, 3.63) is 59.7 Å². The van der Waals surface area contributed by atoms with Crippen LogP contribution in [-0.2, 0) is 11.2 Å². The van der Waals surface area contributed by atoms with Crippen molar-refractivity contribution in [3.8, 4) is 22.9 Å². The van der Waals surface area contributed by atoms with Gasteiger partial charge >= 0.3 is 0 Å². The lowest BCUT2D eigenvalue weighted by Gasteiger charge is -2.07. The van der Waals surface area contributed by atoms with E-state index < -0.39 is 5.91 Å². The number of hydrogen-bond donors (Lipinski definition) is 2. The van der Waals surface area contributed by atoms with Crippen LogP contribution in [0.2, 0.25) is 0 Å². The number of rotatable bonds is 6. The van der Waals surface area contributed by atoms with Crippen molar-refractivity contribution in [1.82, 2.24) is 21.0 Å². The smallest absolute Gasteiger partial charge is 0.269 e. The molecule has 2 heterocycles. The molecule has 10 heteroatoms. The second kappa shape index (κ2) is 8.60. The molecule has 1 aromatic heterocycles. The Morgan fingerprint density at radius 3 is 2.67 bits per heavy atom. The van der Waals surface area contributed by atoms with Crippen molar-refractivity contribution in [2.45, 2.75) is 19.3 Å². The van der Waals surface area contributed by atoms with Crippen LogP contribution in [0.25, 0.3) is 11.4 Å². The summed E-state index contributed by atoms with van der Waals surface area (Å²) >= 11 is 0. The number of hydrogen-bond acceptors (Lipinski definition) is 7. The van der Waals surface area contributed by atoms with Gasteiger partial charge in [-0.2, -0.15) is 4.98 Å². The molecule has 2 amide bonds. The van der Waals surface area contributed by atoms with E-state index in [-0.39, 0.29) is 24.9 Å². The summed E-state index contributed by atoms with van der Waals surface area (Å²) in [5.74, 6) is 0.591. The third kappa shape index (κ3) is 4.54. The summed E-state index contributed by atoms with van der Waals surface area (Å²) in [6.07, 6.45) is 0.976. The summed E-state index contributed by atoms with van der Waals surface area (Å²) in [4.78, 5) is 28.3. The highest BCUT2D eigenvalue weighted by atomic mass is 19.1. The van der Waals surface area contributed by atoms with Gasteiger partial charge in [-0.1, -0.05) is 5.16 Å². The molecule has 154 valence electrons. The summed E-state index contributed by atoms with van der Waals surface area (Å²) in [7, 11) is 0. The van der Waals surface area contributed by atoms with E-state index in [2.05, 4.69) is 21.0 Å². The average molecular weight is 412 g/mol. The number of ether oxygens (including phenoxy) is 2. The van der Waals surface area contributed by atoms with Crippen molar-refractivity contribution in [2.24, 2.45) is 0 Å². The minimum atomic E-state index is -0.470. The normalized spacial score (nSPS) is 11.9. The maximum absolute atomic E-state index is 13.0. The minimum Gasteiger partial charge on any atom is -0.454 e. The van der Waals surface area contributed by atoms with Crippen LogP contribution in [0.5, 0.6) is 11.5 Å². The largest absolute Gasteiger partial charge is 0.454 e. The van der Waals surface area contributed by atoms with E-state index in [1.54, 1.807) is 24.3 Å². The van der Waals surface area contributed by atoms with Gasteiger partial charge in [-0.25, -0.2) is 4.39 Å². The van der Waals surface area contributed by atoms with Crippen LogP contribution in [-0.4, -0.2) is 28.7 Å². The van der Waals surface area contributed by atoms with Gasteiger partial charge in [0.25, 0.3) is 5.91 Å². The summed E-state index contributed by atoms with van der Waals surface area (Å²) in [6, 6.07) is 10.5. The molecule has 2 aromatic carbocycles. The molecule has 30 heavy (non-hydrogen) atoms. The van der Waals surface area contributed by atoms with Gasteiger partial charge in [-0.3, -0.25) is 20.4 Å². The zero-order valence-corrected chi connectivity index (χ0v) is 15.7. The fraction of sp³-hybridized carbons (Fsp3) is 0.200. The molecule has 2 N–H and O–H groups in total. The topological polar surface area (TPSA) is 116 Å². The summed E-state index contributed by atoms with van der Waals surface area (Å²) in [6.45, 7) is 0.114. The quantitative estimate of drug-likeness (QED) is 0.597. The van der Waals surface area contributed by atoms with E-state index in [0.29, 0.717) is 47.2 Å². The number of amides is 2. The molecule has 1 aliphatic rings. The molecular weight excluding hydrogens is 395 g/mol. The fourth-order valence-corrected chi connectivity index (χ4v) is 2.77. The van der Waals surface area contributed by atoms with E-state index in [0.717, 1.165) is 0 Å². The fourth-order valence-electron chi connectivity index (χ4n) is 2.77. The van der Waals surface area contributed by atoms with E-state index in [4.69, 9.17) is 14.0 Å². The zero-order chi connectivity index (χ0) is 20.9. The van der Waals surface area contributed by atoms with Crippen LogP contribution in [0.4, 0.5) is 4.39 Å². The van der Waals surface area contributed by atoms with Crippen molar-refractivity contribution in [3.63, 3.8) is 0 Å². The Bertz CT molecular complexity index is 1070. The average Bonchev–Trinajstić information content (AvgIpc) is 3.41. The van der Waals surface area contributed by atoms with Gasteiger partial charge in [0, 0.05) is 24.0 Å². The lowest BCUT2D eigenvalue weighted by atomic mass is 10.2. The number of nitrogens with one attached hydrogen (secondary N) is 2. The van der Waals surface area contributed by atoms with Crippen molar-refractivity contribution < 1.29 is 28.0 Å². The lowest BCUT2D eigenvalue weighted by molar-refractivity contribution is -0.121. The Morgan fingerprint density at radius 1 is 1.03 bits per heavy atom. The van der Waals surface area contributed by atoms with E-state index in [1.165, 1.54) is 18.2 Å². The van der Waals surface area contributed by atoms with E-state index in [9.17, 15) is 14.0 Å². The standard InChI is InChI=1S/C20H17FN4O5/c21-14-7-4-12(5-8-14)19-22-18(30-25-19)3-1-2-17(26)23-24-20(27)13-6-9-15-16(10-13)29-11-28-15/h4-10H,1-3,11H2,(H,23,26)(H,24,27). The summed E-state index contributed by atoms with van der Waals surface area (Å²) in [5, 5.41) is 3.85. The molecule has 0 fully saturated rings. The Hall–Kier alpha value is -3.95. The number of aryl methyl sites for hydroxylation is 1. The van der Waals surface area contributed by atoms with Crippen molar-refractivity contribution in [1.29, 1.82) is 0 Å². The van der Waals surface area contributed by atoms with E-state index >= 15 is 0 Å². The molecule has 3 aromatic rings. The first-order valence-electron chi connectivity index (χ1n) is 9.16. The maximum Gasteiger partial charge on any atom is 0.269 e. The number of carbonyl (C=O) groups is 2. The van der Waals surface area contributed by atoms with Crippen molar-refractivity contribution >= 4 is 11.8 Å². The first-order chi connectivity index (χ1) is 14.6. The van der Waals surface area contributed by atoms with E-state index in [1.807, 2.05) is 0 Å². The SMILES string of the molecule is O=C(CCCc1nc(-c2ccc(F)cc2)no1)NNC(=O)c1ccc2c(c1)OCO2. The van der Waals surface area contributed by atoms with Crippen LogP contribution >= 0.6 is 0 Å². The second-order valence-corrected chi connectivity index (χ2v) is 6.44. The van der Waals surface area contributed by atoms with Gasteiger partial charge in [0.1, 0.15) is 5.82 Å². The van der Waals surface area contributed by atoms with Gasteiger partial charge < -0.3 is 14.0 Å². The number of benzene rings is 2. The van der Waals surface area contributed by atoms with Crippen LogP contribution in [0.3, 0.4) is 0 Å². The summed E-state index contributed by atoms with van der Waals surface area (Å²) in [5.41, 5.74) is 5.68. The van der Waals surface area contributed by atoms with Gasteiger partial charge in [0.15, 0.2) is 11.5 Å². The first kappa shape index (κ1) is 19.4. The maximum atomic E-state index is 13.0. The molecule has 0 radical (unpaired) electrons. The highest BCUT2D eigenvalue weighted by Crippen LogP contribution is 2.32. The first-order valence-corrected chi connectivity index (χ1v) is 9.16. The molecule has 0 spiro atoms. The monoisotopic (exact) mass is 412 g/mol. The predicted octanol–water partition coefficient (Wildman–Crippen LogP) is 2.39. The Balaban J connectivity index is 1.21. The van der Waals surface area contributed by atoms with Gasteiger partial charge in [0.2, 0.25) is 24.4 Å². The third-order valence-corrected chi connectivity index (χ3v) is 4.32. The van der Waals surface area contributed by atoms with Crippen molar-refractivity contribution in [2.75, 3.05) is 6.79 Å². The minimum absolute atomic E-state index is 0.114. The lowest BCUT2D eigenvalue weighted by Crippen LogP contribution is -2.41. The molecule has 0 saturated carbocycles. The third-order valence-electron chi connectivity index (χ3n) is 4.32. The molecule has 0 bridgehead atoms. The molecule has 0 atom stereocenters. The van der Waals surface area contributed by atoms with Gasteiger partial charge in [-0.15, -0.1) is 0 Å². The second-order valence-electron chi connectivity index (χ2n) is 6.44. The molecule has 9 nitrogen and oxygen atoms in total. The number of nitrogens with zero attached hydrogens (tertiary/aromatic N) is 2. The van der Waals surface area contributed by atoms with Crippen LogP contribution in [0, 0.1) is 5.82 Å². The summed E-state index contributed by atoms with van der Waals surface area (Å²) < 4.78 is 28.5. The number of aromatic nitrogens is 2. The Kier molecular flexibility index (Phi) is 5.55. The van der Waals surface area contributed by atoms with Gasteiger partial charge in [0.05, 0.1) is 0 Å². The van der Waals surface area contributed by atoms with Crippen LogP contribution in [0.15, 0.2) is 47.0 Å². The highest BCUT2D eigenvalue weighted by Gasteiger charge is 2.16.